The van der Waals surface area contributed by atoms with E-state index < -0.39 is 0 Å². The number of rotatable bonds is 8. The fourth-order valence-electron chi connectivity index (χ4n) is 3.33. The fraction of sp³-hybridized carbons (Fsp3) is 0.280. The summed E-state index contributed by atoms with van der Waals surface area (Å²) in [7, 11) is 0. The largest absolute Gasteiger partial charge is 0.494 e. The van der Waals surface area contributed by atoms with Crippen molar-refractivity contribution in [2.24, 2.45) is 5.92 Å². The maximum Gasteiger partial charge on any atom is 0.127 e. The first kappa shape index (κ1) is 19.0. The van der Waals surface area contributed by atoms with Crippen molar-refractivity contribution in [3.05, 3.63) is 90.0 Å². The topological polar surface area (TPSA) is 18.5 Å². The summed E-state index contributed by atoms with van der Waals surface area (Å²) >= 11 is 0. The first-order valence-electron chi connectivity index (χ1n) is 9.70. The van der Waals surface area contributed by atoms with Crippen LogP contribution in [-0.4, -0.2) is 6.61 Å². The highest BCUT2D eigenvalue weighted by molar-refractivity contribution is 5.36. The molecule has 0 N–H and O–H groups in total. The molecule has 0 radical (unpaired) electrons. The fourth-order valence-corrected chi connectivity index (χ4v) is 3.33. The lowest BCUT2D eigenvalue weighted by Gasteiger charge is -2.22. The summed E-state index contributed by atoms with van der Waals surface area (Å²) in [5, 5.41) is 0. The minimum Gasteiger partial charge on any atom is -0.494 e. The Kier molecular flexibility index (Phi) is 6.54. The van der Waals surface area contributed by atoms with Gasteiger partial charge in [-0.05, 0) is 72.7 Å². The van der Waals surface area contributed by atoms with E-state index in [2.05, 4.69) is 56.3 Å². The van der Waals surface area contributed by atoms with E-state index in [4.69, 9.17) is 9.47 Å². The molecule has 0 amide bonds. The standard InChI is InChI=1S/C25H28O2/c1-4-26-22-15-13-21(14-16-22)25(19(2)3)18-20-9-8-12-24(17-20)27-23-10-6-5-7-11-23/h5-17,19,25H,4,18H2,1-3H3. The van der Waals surface area contributed by atoms with Crippen molar-refractivity contribution >= 4 is 0 Å². The van der Waals surface area contributed by atoms with Crippen LogP contribution in [-0.2, 0) is 6.42 Å². The lowest BCUT2D eigenvalue weighted by Crippen LogP contribution is -2.10. The third-order valence-corrected chi connectivity index (χ3v) is 4.76. The lowest BCUT2D eigenvalue weighted by atomic mass is 9.83. The van der Waals surface area contributed by atoms with Crippen LogP contribution < -0.4 is 9.47 Å². The predicted octanol–water partition coefficient (Wildman–Crippen LogP) is 6.86. The van der Waals surface area contributed by atoms with E-state index in [9.17, 15) is 0 Å². The van der Waals surface area contributed by atoms with Gasteiger partial charge in [-0.1, -0.05) is 56.3 Å². The minimum atomic E-state index is 0.452. The third kappa shape index (κ3) is 5.37. The quantitative estimate of drug-likeness (QED) is 0.437. The third-order valence-electron chi connectivity index (χ3n) is 4.76. The van der Waals surface area contributed by atoms with Crippen LogP contribution in [0.4, 0.5) is 0 Å². The van der Waals surface area contributed by atoms with Crippen LogP contribution in [0.5, 0.6) is 17.2 Å². The molecule has 0 aliphatic rings. The molecule has 1 unspecified atom stereocenters. The molecule has 0 spiro atoms. The first-order chi connectivity index (χ1) is 13.2. The molecule has 27 heavy (non-hydrogen) atoms. The van der Waals surface area contributed by atoms with E-state index in [1.807, 2.05) is 43.3 Å². The van der Waals surface area contributed by atoms with Crippen LogP contribution in [0.15, 0.2) is 78.9 Å². The van der Waals surface area contributed by atoms with Gasteiger partial charge in [-0.3, -0.25) is 0 Å². The zero-order valence-corrected chi connectivity index (χ0v) is 16.4. The molecule has 3 aromatic carbocycles. The van der Waals surface area contributed by atoms with Crippen molar-refractivity contribution in [1.29, 1.82) is 0 Å². The second-order valence-corrected chi connectivity index (χ2v) is 7.12. The van der Waals surface area contributed by atoms with Gasteiger partial charge in [0.1, 0.15) is 17.2 Å². The van der Waals surface area contributed by atoms with Gasteiger partial charge in [0.25, 0.3) is 0 Å². The zero-order chi connectivity index (χ0) is 19.1. The molecule has 1 atom stereocenters. The molecule has 0 aliphatic carbocycles. The summed E-state index contributed by atoms with van der Waals surface area (Å²) in [6, 6.07) is 26.9. The van der Waals surface area contributed by atoms with E-state index >= 15 is 0 Å². The second-order valence-electron chi connectivity index (χ2n) is 7.12. The number of ether oxygens (including phenoxy) is 2. The maximum absolute atomic E-state index is 5.99. The summed E-state index contributed by atoms with van der Waals surface area (Å²) in [4.78, 5) is 0. The Bertz CT molecular complexity index is 822. The minimum absolute atomic E-state index is 0.452. The Morgan fingerprint density at radius 2 is 1.44 bits per heavy atom. The van der Waals surface area contributed by atoms with Crippen molar-refractivity contribution in [2.75, 3.05) is 6.61 Å². The van der Waals surface area contributed by atoms with Gasteiger partial charge in [0.05, 0.1) is 6.61 Å². The summed E-state index contributed by atoms with van der Waals surface area (Å²) < 4.78 is 11.6. The summed E-state index contributed by atoms with van der Waals surface area (Å²) in [6.07, 6.45) is 0.984. The molecule has 0 fully saturated rings. The van der Waals surface area contributed by atoms with Gasteiger partial charge < -0.3 is 9.47 Å². The molecule has 2 heteroatoms. The van der Waals surface area contributed by atoms with E-state index in [0.29, 0.717) is 18.4 Å². The second kappa shape index (κ2) is 9.27. The molecule has 2 nitrogen and oxygen atoms in total. The van der Waals surface area contributed by atoms with Crippen LogP contribution in [0, 0.1) is 5.92 Å². The smallest absolute Gasteiger partial charge is 0.127 e. The van der Waals surface area contributed by atoms with Crippen LogP contribution in [0.1, 0.15) is 37.8 Å². The van der Waals surface area contributed by atoms with Crippen LogP contribution >= 0.6 is 0 Å². The highest BCUT2D eigenvalue weighted by atomic mass is 16.5. The van der Waals surface area contributed by atoms with Gasteiger partial charge in [-0.2, -0.15) is 0 Å². The molecule has 0 aromatic heterocycles. The molecule has 0 saturated heterocycles. The van der Waals surface area contributed by atoms with Gasteiger partial charge in [-0.15, -0.1) is 0 Å². The Morgan fingerprint density at radius 3 is 2.11 bits per heavy atom. The van der Waals surface area contributed by atoms with Gasteiger partial charge in [0.2, 0.25) is 0 Å². The Morgan fingerprint density at radius 1 is 0.741 bits per heavy atom. The van der Waals surface area contributed by atoms with Gasteiger partial charge in [-0.25, -0.2) is 0 Å². The van der Waals surface area contributed by atoms with Gasteiger partial charge in [0, 0.05) is 0 Å². The summed E-state index contributed by atoms with van der Waals surface area (Å²) in [5.41, 5.74) is 2.64. The van der Waals surface area contributed by atoms with Crippen molar-refractivity contribution in [1.82, 2.24) is 0 Å². The molecule has 0 aliphatic heterocycles. The van der Waals surface area contributed by atoms with Crippen molar-refractivity contribution < 1.29 is 9.47 Å². The van der Waals surface area contributed by atoms with Crippen molar-refractivity contribution in [3.8, 4) is 17.2 Å². The normalized spacial score (nSPS) is 12.0. The molecule has 3 aromatic rings. The number of para-hydroxylation sites is 1. The summed E-state index contributed by atoms with van der Waals surface area (Å²) in [5.74, 6) is 3.67. The van der Waals surface area contributed by atoms with Crippen LogP contribution in [0.3, 0.4) is 0 Å². The Balaban J connectivity index is 1.75. The molecule has 3 rings (SSSR count). The number of hydrogen-bond acceptors (Lipinski definition) is 2. The van der Waals surface area contributed by atoms with Crippen LogP contribution in [0.2, 0.25) is 0 Å². The average molecular weight is 360 g/mol. The van der Waals surface area contributed by atoms with Crippen molar-refractivity contribution in [2.45, 2.75) is 33.1 Å². The molecule has 0 bridgehead atoms. The van der Waals surface area contributed by atoms with Crippen LogP contribution in [0.25, 0.3) is 0 Å². The highest BCUT2D eigenvalue weighted by Crippen LogP contribution is 2.31. The van der Waals surface area contributed by atoms with Gasteiger partial charge >= 0.3 is 0 Å². The van der Waals surface area contributed by atoms with Crippen molar-refractivity contribution in [3.63, 3.8) is 0 Å². The van der Waals surface area contributed by atoms with E-state index in [1.165, 1.54) is 11.1 Å². The van der Waals surface area contributed by atoms with E-state index in [1.54, 1.807) is 0 Å². The summed E-state index contributed by atoms with van der Waals surface area (Å²) in [6.45, 7) is 7.27. The predicted molar refractivity (Wildman–Crippen MR) is 112 cm³/mol. The van der Waals surface area contributed by atoms with E-state index in [-0.39, 0.29) is 0 Å². The zero-order valence-electron chi connectivity index (χ0n) is 16.4. The molecule has 0 heterocycles. The monoisotopic (exact) mass is 360 g/mol. The van der Waals surface area contributed by atoms with Gasteiger partial charge in [0.15, 0.2) is 0 Å². The molecule has 0 saturated carbocycles. The maximum atomic E-state index is 5.99. The number of hydrogen-bond donors (Lipinski definition) is 0. The van der Waals surface area contributed by atoms with E-state index in [0.717, 1.165) is 23.7 Å². The molecular formula is C25H28O2. The molecule has 140 valence electrons. The Hall–Kier alpha value is -2.74. The molecular weight excluding hydrogens is 332 g/mol. The first-order valence-corrected chi connectivity index (χ1v) is 9.70. The lowest BCUT2D eigenvalue weighted by molar-refractivity contribution is 0.340. The average Bonchev–Trinajstić information content (AvgIpc) is 2.68. The Labute approximate surface area is 162 Å². The number of benzene rings is 3. The SMILES string of the molecule is CCOc1ccc(C(Cc2cccc(Oc3ccccc3)c2)C(C)C)cc1. The highest BCUT2D eigenvalue weighted by Gasteiger charge is 2.17.